The summed E-state index contributed by atoms with van der Waals surface area (Å²) in [5, 5.41) is 3.56. The van der Waals surface area contributed by atoms with E-state index in [1.165, 1.54) is 4.31 Å². The number of carbonyl (C=O) groups is 1. The molecule has 2 heterocycles. The van der Waals surface area contributed by atoms with Crippen LogP contribution in [0.5, 0.6) is 0 Å². The quantitative estimate of drug-likeness (QED) is 0.598. The van der Waals surface area contributed by atoms with E-state index in [0.29, 0.717) is 13.2 Å². The van der Waals surface area contributed by atoms with Gasteiger partial charge in [-0.05, 0) is 82.6 Å². The standard InChI is InChI=1S/C25H36F3N3O5S/c1-24(2,3)36-23(32)30(4)21-6-5-13-35-22(21)29-20-12-7-16-14-31(15-19(16)20)37(33,34)18-10-8-17(9-11-18)25(26,27)28/h8-11,16,19-22,29H,5-7,12-15H2,1-4H3/t16-,19?,20?,21?,22?/m0/s1. The van der Waals surface area contributed by atoms with Gasteiger partial charge in [-0.25, -0.2) is 13.2 Å². The summed E-state index contributed by atoms with van der Waals surface area (Å²) in [6.45, 7) is 6.62. The highest BCUT2D eigenvalue weighted by Gasteiger charge is 2.48. The topological polar surface area (TPSA) is 88.2 Å². The molecule has 1 aromatic rings. The van der Waals surface area contributed by atoms with E-state index in [4.69, 9.17) is 9.47 Å². The number of halogens is 3. The van der Waals surface area contributed by atoms with Crippen LogP contribution < -0.4 is 5.32 Å². The minimum atomic E-state index is -4.53. The third kappa shape index (κ3) is 6.23. The summed E-state index contributed by atoms with van der Waals surface area (Å²) in [6, 6.07) is 3.42. The van der Waals surface area contributed by atoms with Gasteiger partial charge >= 0.3 is 12.3 Å². The highest BCUT2D eigenvalue weighted by Crippen LogP contribution is 2.41. The Morgan fingerprint density at radius 1 is 1.11 bits per heavy atom. The normalized spacial score (nSPS) is 29.2. The summed E-state index contributed by atoms with van der Waals surface area (Å²) in [5.41, 5.74) is -1.50. The maximum absolute atomic E-state index is 13.2. The van der Waals surface area contributed by atoms with Crippen LogP contribution in [0.25, 0.3) is 0 Å². The molecule has 1 amide bonds. The number of amides is 1. The van der Waals surface area contributed by atoms with Gasteiger partial charge in [0.25, 0.3) is 0 Å². The van der Waals surface area contributed by atoms with E-state index in [0.717, 1.165) is 49.9 Å². The molecule has 0 bridgehead atoms. The van der Waals surface area contributed by atoms with Crippen LogP contribution in [-0.2, 0) is 25.7 Å². The van der Waals surface area contributed by atoms with Crippen LogP contribution in [0.3, 0.4) is 0 Å². The largest absolute Gasteiger partial charge is 0.444 e. The number of fused-ring (bicyclic) bond motifs is 1. The number of ether oxygens (including phenoxy) is 2. The number of sulfonamides is 1. The first-order valence-corrected chi connectivity index (χ1v) is 14.1. The minimum Gasteiger partial charge on any atom is -0.444 e. The lowest BCUT2D eigenvalue weighted by Crippen LogP contribution is -2.57. The van der Waals surface area contributed by atoms with Crippen LogP contribution in [0.15, 0.2) is 29.2 Å². The van der Waals surface area contributed by atoms with Crippen molar-refractivity contribution in [2.75, 3.05) is 26.7 Å². The van der Waals surface area contributed by atoms with Crippen molar-refractivity contribution in [3.05, 3.63) is 29.8 Å². The van der Waals surface area contributed by atoms with Crippen LogP contribution in [-0.4, -0.2) is 74.4 Å². The van der Waals surface area contributed by atoms with Crippen molar-refractivity contribution in [1.82, 2.24) is 14.5 Å². The van der Waals surface area contributed by atoms with Crippen LogP contribution >= 0.6 is 0 Å². The number of alkyl halides is 3. The van der Waals surface area contributed by atoms with Gasteiger partial charge in [-0.1, -0.05) is 0 Å². The van der Waals surface area contributed by atoms with Gasteiger partial charge in [0.1, 0.15) is 11.8 Å². The molecule has 4 rings (SSSR count). The third-order valence-corrected chi connectivity index (χ3v) is 9.34. The number of hydrogen-bond acceptors (Lipinski definition) is 6. The van der Waals surface area contributed by atoms with Crippen molar-refractivity contribution in [1.29, 1.82) is 0 Å². The van der Waals surface area contributed by atoms with Crippen LogP contribution in [0.2, 0.25) is 0 Å². The van der Waals surface area contributed by atoms with E-state index in [9.17, 15) is 26.4 Å². The van der Waals surface area contributed by atoms with E-state index < -0.39 is 39.7 Å². The number of carbonyl (C=O) groups excluding carboxylic acids is 1. The molecule has 3 aliphatic rings. The number of likely N-dealkylation sites (N-methyl/N-ethyl adjacent to an activating group) is 1. The number of nitrogens with zero attached hydrogens (tertiary/aromatic N) is 2. The smallest absolute Gasteiger partial charge is 0.416 e. The van der Waals surface area contributed by atoms with E-state index in [1.807, 2.05) is 20.8 Å². The van der Waals surface area contributed by atoms with Gasteiger partial charge in [0.05, 0.1) is 16.5 Å². The van der Waals surface area contributed by atoms with Crippen molar-refractivity contribution < 1.29 is 35.9 Å². The Morgan fingerprint density at radius 3 is 2.41 bits per heavy atom. The third-order valence-electron chi connectivity index (χ3n) is 7.49. The number of nitrogens with one attached hydrogen (secondary N) is 1. The lowest BCUT2D eigenvalue weighted by molar-refractivity contribution is -0.137. The Hall–Kier alpha value is -1.89. The van der Waals surface area contributed by atoms with Gasteiger partial charge in [0.2, 0.25) is 10.0 Å². The van der Waals surface area contributed by atoms with E-state index in [2.05, 4.69) is 5.32 Å². The van der Waals surface area contributed by atoms with Crippen molar-refractivity contribution in [2.45, 2.75) is 81.4 Å². The molecule has 37 heavy (non-hydrogen) atoms. The van der Waals surface area contributed by atoms with Crippen molar-refractivity contribution in [2.24, 2.45) is 11.8 Å². The van der Waals surface area contributed by atoms with Gasteiger partial charge < -0.3 is 14.4 Å². The van der Waals surface area contributed by atoms with Crippen LogP contribution in [0.1, 0.15) is 52.0 Å². The Morgan fingerprint density at radius 2 is 1.78 bits per heavy atom. The highest BCUT2D eigenvalue weighted by molar-refractivity contribution is 7.89. The molecule has 0 aromatic heterocycles. The van der Waals surface area contributed by atoms with Gasteiger partial charge in [0.15, 0.2) is 0 Å². The van der Waals surface area contributed by atoms with Gasteiger partial charge in [-0.15, -0.1) is 0 Å². The minimum absolute atomic E-state index is 0.00422. The zero-order chi connectivity index (χ0) is 27.2. The summed E-state index contributed by atoms with van der Waals surface area (Å²) >= 11 is 0. The predicted molar refractivity (Wildman–Crippen MR) is 130 cm³/mol. The monoisotopic (exact) mass is 547 g/mol. The maximum Gasteiger partial charge on any atom is 0.416 e. The van der Waals surface area contributed by atoms with Crippen LogP contribution in [0.4, 0.5) is 18.0 Å². The first kappa shape index (κ1) is 28.1. The van der Waals surface area contributed by atoms with Crippen LogP contribution in [0, 0.1) is 11.8 Å². The summed E-state index contributed by atoms with van der Waals surface area (Å²) in [5.74, 6) is 0.189. The Bertz CT molecular complexity index is 1070. The lowest BCUT2D eigenvalue weighted by Gasteiger charge is -2.40. The van der Waals surface area contributed by atoms with Gasteiger partial charge in [-0.3, -0.25) is 5.32 Å². The van der Waals surface area contributed by atoms with Gasteiger partial charge in [0, 0.05) is 32.8 Å². The average molecular weight is 548 g/mol. The SMILES string of the molecule is CN(C(=O)OC(C)(C)C)C1CCCOC1NC1CC[C@H]2CN(S(=O)(=O)c3ccc(C(F)(F)F)cc3)CC12. The van der Waals surface area contributed by atoms with E-state index >= 15 is 0 Å². The molecule has 2 saturated heterocycles. The molecular weight excluding hydrogens is 511 g/mol. The number of rotatable bonds is 5. The summed E-state index contributed by atoms with van der Waals surface area (Å²) < 4.78 is 78.0. The molecule has 8 nitrogen and oxygen atoms in total. The van der Waals surface area contributed by atoms with E-state index in [-0.39, 0.29) is 35.4 Å². The summed E-state index contributed by atoms with van der Waals surface area (Å²) in [4.78, 5) is 14.1. The zero-order valence-electron chi connectivity index (χ0n) is 21.6. The highest BCUT2D eigenvalue weighted by atomic mass is 32.2. The molecule has 5 atom stereocenters. The zero-order valence-corrected chi connectivity index (χ0v) is 22.4. The molecule has 208 valence electrons. The molecule has 1 saturated carbocycles. The van der Waals surface area contributed by atoms with Crippen molar-refractivity contribution >= 4 is 16.1 Å². The van der Waals surface area contributed by atoms with Crippen molar-refractivity contribution in [3.8, 4) is 0 Å². The average Bonchev–Trinajstić information content (AvgIpc) is 3.40. The second-order valence-electron chi connectivity index (χ2n) is 11.2. The molecule has 2 aliphatic heterocycles. The molecule has 1 N–H and O–H groups in total. The fourth-order valence-corrected chi connectivity index (χ4v) is 7.13. The molecule has 0 radical (unpaired) electrons. The predicted octanol–water partition coefficient (Wildman–Crippen LogP) is 4.07. The fraction of sp³-hybridized carbons (Fsp3) is 0.720. The second kappa shape index (κ2) is 10.3. The lowest BCUT2D eigenvalue weighted by atomic mass is 9.97. The summed E-state index contributed by atoms with van der Waals surface area (Å²) in [7, 11) is -2.21. The Labute approximate surface area is 216 Å². The maximum atomic E-state index is 13.2. The molecule has 0 spiro atoms. The molecule has 4 unspecified atom stereocenters. The summed E-state index contributed by atoms with van der Waals surface area (Å²) in [6.07, 6.45) is -2.10. The Balaban J connectivity index is 1.42. The number of hydrogen-bond donors (Lipinski definition) is 1. The fourth-order valence-electron chi connectivity index (χ4n) is 5.59. The molecular formula is C25H36F3N3O5S. The second-order valence-corrected chi connectivity index (χ2v) is 13.1. The van der Waals surface area contributed by atoms with Crippen molar-refractivity contribution in [3.63, 3.8) is 0 Å². The molecule has 3 fully saturated rings. The first-order valence-electron chi connectivity index (χ1n) is 12.7. The Kier molecular flexibility index (Phi) is 7.87. The first-order chi connectivity index (χ1) is 17.2. The number of benzene rings is 1. The molecule has 12 heteroatoms. The molecule has 1 aliphatic carbocycles. The van der Waals surface area contributed by atoms with Gasteiger partial charge in [-0.2, -0.15) is 17.5 Å². The van der Waals surface area contributed by atoms with E-state index in [1.54, 1.807) is 11.9 Å². The molecule has 1 aromatic carbocycles.